The van der Waals surface area contributed by atoms with E-state index in [9.17, 15) is 18.3 Å². The summed E-state index contributed by atoms with van der Waals surface area (Å²) in [5.41, 5.74) is 0. The van der Waals surface area contributed by atoms with Crippen LogP contribution < -0.4 is 9.47 Å². The molecule has 0 aromatic heterocycles. The minimum atomic E-state index is -4.83. The first-order chi connectivity index (χ1) is 12.4. The standard InChI is InChI=1S/C19H29F3O4/c20-19(21,22)26-18-12-11-16(15-17(18)24)25-14-10-8-6-4-2-1-3-5-7-9-13-23/h11-12,15,23-24H,1-10,13-14H2. The molecule has 0 aliphatic heterocycles. The van der Waals surface area contributed by atoms with Gasteiger partial charge in [-0.2, -0.15) is 0 Å². The fourth-order valence-electron chi connectivity index (χ4n) is 2.62. The van der Waals surface area contributed by atoms with Crippen LogP contribution in [0.4, 0.5) is 13.2 Å². The van der Waals surface area contributed by atoms with E-state index in [0.717, 1.165) is 44.2 Å². The van der Waals surface area contributed by atoms with Gasteiger partial charge < -0.3 is 19.7 Å². The van der Waals surface area contributed by atoms with Gasteiger partial charge in [-0.3, -0.25) is 0 Å². The first-order valence-corrected chi connectivity index (χ1v) is 9.25. The Morgan fingerprint density at radius 2 is 1.35 bits per heavy atom. The van der Waals surface area contributed by atoms with E-state index in [2.05, 4.69) is 4.74 Å². The molecule has 0 unspecified atom stereocenters. The van der Waals surface area contributed by atoms with Crippen LogP contribution in [0.3, 0.4) is 0 Å². The van der Waals surface area contributed by atoms with E-state index in [1.165, 1.54) is 38.2 Å². The highest BCUT2D eigenvalue weighted by Gasteiger charge is 2.32. The van der Waals surface area contributed by atoms with Gasteiger partial charge in [0, 0.05) is 12.7 Å². The molecule has 0 bridgehead atoms. The van der Waals surface area contributed by atoms with Crippen LogP contribution in [0.15, 0.2) is 18.2 Å². The minimum absolute atomic E-state index is 0.285. The molecule has 150 valence electrons. The third-order valence-corrected chi connectivity index (χ3v) is 3.98. The Bertz CT molecular complexity index is 492. The van der Waals surface area contributed by atoms with Crippen LogP contribution in [0, 0.1) is 0 Å². The van der Waals surface area contributed by atoms with Gasteiger partial charge in [-0.1, -0.05) is 51.4 Å². The zero-order valence-corrected chi connectivity index (χ0v) is 15.1. The topological polar surface area (TPSA) is 58.9 Å². The van der Waals surface area contributed by atoms with Crippen molar-refractivity contribution in [2.24, 2.45) is 0 Å². The van der Waals surface area contributed by atoms with Gasteiger partial charge in [0.1, 0.15) is 5.75 Å². The number of alkyl halides is 3. The molecule has 0 saturated heterocycles. The maximum Gasteiger partial charge on any atom is 0.573 e. The average Bonchev–Trinajstić information content (AvgIpc) is 2.57. The number of rotatable bonds is 14. The van der Waals surface area contributed by atoms with Crippen molar-refractivity contribution in [2.45, 2.75) is 70.6 Å². The fraction of sp³-hybridized carbons (Fsp3) is 0.684. The molecule has 0 radical (unpaired) electrons. The largest absolute Gasteiger partial charge is 0.573 e. The second-order valence-corrected chi connectivity index (χ2v) is 6.28. The first-order valence-electron chi connectivity index (χ1n) is 9.25. The van der Waals surface area contributed by atoms with E-state index in [-0.39, 0.29) is 6.61 Å². The lowest BCUT2D eigenvalue weighted by Crippen LogP contribution is -2.17. The molecule has 0 heterocycles. The van der Waals surface area contributed by atoms with Gasteiger partial charge in [0.15, 0.2) is 11.5 Å². The monoisotopic (exact) mass is 378 g/mol. The zero-order valence-electron chi connectivity index (χ0n) is 15.1. The number of halogens is 3. The summed E-state index contributed by atoms with van der Waals surface area (Å²) in [4.78, 5) is 0. The predicted octanol–water partition coefficient (Wildman–Crippen LogP) is 5.56. The first kappa shape index (κ1) is 22.4. The fourth-order valence-corrected chi connectivity index (χ4v) is 2.62. The number of phenolic OH excluding ortho intramolecular Hbond substituents is 1. The van der Waals surface area contributed by atoms with Crippen LogP contribution >= 0.6 is 0 Å². The van der Waals surface area contributed by atoms with Crippen LogP contribution in [0.25, 0.3) is 0 Å². The van der Waals surface area contributed by atoms with Crippen LogP contribution in [0.1, 0.15) is 64.2 Å². The lowest BCUT2D eigenvalue weighted by molar-refractivity contribution is -0.275. The van der Waals surface area contributed by atoms with Crippen molar-refractivity contribution < 1.29 is 32.9 Å². The molecule has 1 rings (SSSR count). The molecule has 0 fully saturated rings. The summed E-state index contributed by atoms with van der Waals surface area (Å²) in [6.07, 6.45) is 6.23. The molecule has 0 aliphatic rings. The maximum absolute atomic E-state index is 12.1. The van der Waals surface area contributed by atoms with Crippen LogP contribution in [0.5, 0.6) is 17.2 Å². The maximum atomic E-state index is 12.1. The summed E-state index contributed by atoms with van der Waals surface area (Å²) in [5, 5.41) is 18.2. The van der Waals surface area contributed by atoms with Gasteiger partial charge in [-0.15, -0.1) is 13.2 Å². The smallest absolute Gasteiger partial charge is 0.504 e. The van der Waals surface area contributed by atoms with E-state index in [0.29, 0.717) is 12.4 Å². The number of aromatic hydroxyl groups is 1. The van der Waals surface area contributed by atoms with E-state index in [1.807, 2.05) is 0 Å². The van der Waals surface area contributed by atoms with Crippen molar-refractivity contribution in [1.29, 1.82) is 0 Å². The molecule has 2 N–H and O–H groups in total. The van der Waals surface area contributed by atoms with Crippen LogP contribution in [-0.2, 0) is 0 Å². The van der Waals surface area contributed by atoms with Crippen molar-refractivity contribution in [3.8, 4) is 17.2 Å². The molecule has 26 heavy (non-hydrogen) atoms. The van der Waals surface area contributed by atoms with E-state index >= 15 is 0 Å². The number of hydrogen-bond acceptors (Lipinski definition) is 4. The van der Waals surface area contributed by atoms with Crippen molar-refractivity contribution in [3.05, 3.63) is 18.2 Å². The Balaban J connectivity index is 2.05. The number of aliphatic hydroxyl groups excluding tert-OH is 1. The van der Waals surface area contributed by atoms with Crippen LogP contribution in [0.2, 0.25) is 0 Å². The molecule has 1 aromatic carbocycles. The molecular weight excluding hydrogens is 349 g/mol. The Labute approximate surface area is 152 Å². The second kappa shape index (κ2) is 12.7. The number of benzene rings is 1. The normalized spacial score (nSPS) is 11.5. The highest BCUT2D eigenvalue weighted by atomic mass is 19.4. The van der Waals surface area contributed by atoms with Gasteiger partial charge in [0.25, 0.3) is 0 Å². The third-order valence-electron chi connectivity index (χ3n) is 3.98. The number of aliphatic hydroxyl groups is 1. The van der Waals surface area contributed by atoms with Gasteiger partial charge in [-0.25, -0.2) is 0 Å². The van der Waals surface area contributed by atoms with Crippen molar-refractivity contribution in [1.82, 2.24) is 0 Å². The van der Waals surface area contributed by atoms with Crippen molar-refractivity contribution >= 4 is 0 Å². The minimum Gasteiger partial charge on any atom is -0.504 e. The number of unbranched alkanes of at least 4 members (excludes halogenated alkanes) is 9. The van der Waals surface area contributed by atoms with E-state index in [1.54, 1.807) is 0 Å². The van der Waals surface area contributed by atoms with E-state index < -0.39 is 17.9 Å². The summed E-state index contributed by atoms with van der Waals surface area (Å²) in [6, 6.07) is 3.51. The molecule has 1 aromatic rings. The Morgan fingerprint density at radius 1 is 0.808 bits per heavy atom. The van der Waals surface area contributed by atoms with Gasteiger partial charge >= 0.3 is 6.36 Å². The number of hydrogen-bond donors (Lipinski definition) is 2. The van der Waals surface area contributed by atoms with Gasteiger partial charge in [0.2, 0.25) is 0 Å². The highest BCUT2D eigenvalue weighted by Crippen LogP contribution is 2.34. The van der Waals surface area contributed by atoms with Crippen molar-refractivity contribution in [3.63, 3.8) is 0 Å². The predicted molar refractivity (Wildman–Crippen MR) is 93.5 cm³/mol. The molecular formula is C19H29F3O4. The summed E-state index contributed by atoms with van der Waals surface area (Å²) in [5.74, 6) is -0.917. The molecule has 0 aliphatic carbocycles. The quantitative estimate of drug-likeness (QED) is 0.416. The summed E-state index contributed by atoms with van der Waals surface area (Å²) in [7, 11) is 0. The Hall–Kier alpha value is -1.63. The lowest BCUT2D eigenvalue weighted by Gasteiger charge is -2.12. The van der Waals surface area contributed by atoms with Gasteiger partial charge in [0.05, 0.1) is 6.61 Å². The number of ether oxygens (including phenoxy) is 2. The van der Waals surface area contributed by atoms with Crippen LogP contribution in [-0.4, -0.2) is 29.8 Å². The molecule has 0 spiro atoms. The molecule has 0 atom stereocenters. The second-order valence-electron chi connectivity index (χ2n) is 6.28. The molecule has 0 saturated carbocycles. The zero-order chi connectivity index (χ0) is 19.3. The van der Waals surface area contributed by atoms with E-state index in [4.69, 9.17) is 9.84 Å². The lowest BCUT2D eigenvalue weighted by atomic mass is 10.1. The van der Waals surface area contributed by atoms with Crippen molar-refractivity contribution in [2.75, 3.05) is 13.2 Å². The molecule has 7 heteroatoms. The average molecular weight is 378 g/mol. The Morgan fingerprint density at radius 3 is 1.85 bits per heavy atom. The SMILES string of the molecule is OCCCCCCCCCCCCOc1ccc(OC(F)(F)F)c(O)c1. The summed E-state index contributed by atoms with van der Waals surface area (Å²) < 4.78 is 45.5. The molecule has 0 amide bonds. The summed E-state index contributed by atoms with van der Waals surface area (Å²) in [6.45, 7) is 0.743. The van der Waals surface area contributed by atoms with Gasteiger partial charge in [-0.05, 0) is 25.0 Å². The Kier molecular flexibility index (Phi) is 10.9. The molecule has 4 nitrogen and oxygen atoms in total. The third kappa shape index (κ3) is 11.1. The highest BCUT2D eigenvalue weighted by molar-refractivity contribution is 5.44. The number of phenols is 1. The summed E-state index contributed by atoms with van der Waals surface area (Å²) >= 11 is 0.